The van der Waals surface area contributed by atoms with E-state index in [2.05, 4.69) is 20.5 Å². The zero-order valence-corrected chi connectivity index (χ0v) is 12.2. The molecule has 0 amide bonds. The molecular formula is C14H16N4O2S. The monoisotopic (exact) mass is 304 g/mol. The topological polar surface area (TPSA) is 82.0 Å². The van der Waals surface area contributed by atoms with Crippen LogP contribution in [-0.2, 0) is 4.74 Å². The van der Waals surface area contributed by atoms with Crippen molar-refractivity contribution in [2.75, 3.05) is 13.2 Å². The molecule has 0 saturated carbocycles. The van der Waals surface area contributed by atoms with Crippen LogP contribution in [0.3, 0.4) is 0 Å². The molecule has 0 unspecified atom stereocenters. The lowest BCUT2D eigenvalue weighted by Gasteiger charge is -2.09. The number of nitrogens with zero attached hydrogens (tertiary/aromatic N) is 2. The minimum Gasteiger partial charge on any atom is -0.493 e. The molecule has 0 spiro atoms. The zero-order valence-electron chi connectivity index (χ0n) is 11.4. The van der Waals surface area contributed by atoms with Crippen molar-refractivity contribution < 1.29 is 9.84 Å². The second-order valence-corrected chi connectivity index (χ2v) is 5.28. The maximum absolute atomic E-state index is 9.86. The third kappa shape index (κ3) is 3.20. The summed E-state index contributed by atoms with van der Waals surface area (Å²) >= 11 is 5.11. The van der Waals surface area contributed by atoms with Gasteiger partial charge in [-0.15, -0.1) is 10.2 Å². The van der Waals surface area contributed by atoms with Gasteiger partial charge < -0.3 is 20.1 Å². The maximum atomic E-state index is 9.86. The number of azo groups is 1. The minimum absolute atomic E-state index is 0.0122. The van der Waals surface area contributed by atoms with Gasteiger partial charge in [-0.3, -0.25) is 0 Å². The molecule has 3 N–H and O–H groups in total. The summed E-state index contributed by atoms with van der Waals surface area (Å²) in [6.45, 7) is 1.45. The average Bonchev–Trinajstić information content (AvgIpc) is 3.10. The Labute approximate surface area is 127 Å². The molecular weight excluding hydrogens is 288 g/mol. The number of benzene rings is 1. The van der Waals surface area contributed by atoms with Gasteiger partial charge in [0.15, 0.2) is 5.69 Å². The van der Waals surface area contributed by atoms with Crippen molar-refractivity contribution >= 4 is 33.9 Å². The van der Waals surface area contributed by atoms with E-state index in [1.807, 2.05) is 24.3 Å². The number of aromatic nitrogens is 1. The van der Waals surface area contributed by atoms with Crippen LogP contribution in [0.4, 0.5) is 5.69 Å². The SMILES string of the molecule is Oc1[nH]c2ccccc2c1N=NC(=S)NC[C@H]1CCCO1. The van der Waals surface area contributed by atoms with E-state index in [1.165, 1.54) is 0 Å². The van der Waals surface area contributed by atoms with E-state index in [0.29, 0.717) is 12.2 Å². The van der Waals surface area contributed by atoms with Crippen molar-refractivity contribution in [2.24, 2.45) is 10.2 Å². The van der Waals surface area contributed by atoms with Crippen LogP contribution in [0.25, 0.3) is 10.9 Å². The molecule has 3 rings (SSSR count). The van der Waals surface area contributed by atoms with Crippen molar-refractivity contribution in [1.29, 1.82) is 0 Å². The van der Waals surface area contributed by atoms with Gasteiger partial charge in [0.2, 0.25) is 11.0 Å². The normalized spacial score (nSPS) is 18.6. The summed E-state index contributed by atoms with van der Waals surface area (Å²) in [4.78, 5) is 2.85. The van der Waals surface area contributed by atoms with Crippen LogP contribution in [0.1, 0.15) is 12.8 Å². The second-order valence-electron chi connectivity index (χ2n) is 4.89. The first-order chi connectivity index (χ1) is 10.2. The Morgan fingerprint density at radius 3 is 3.14 bits per heavy atom. The fraction of sp³-hybridized carbons (Fsp3) is 0.357. The number of aromatic amines is 1. The number of nitrogens with one attached hydrogen (secondary N) is 2. The number of fused-ring (bicyclic) bond motifs is 1. The highest BCUT2D eigenvalue weighted by molar-refractivity contribution is 7.80. The smallest absolute Gasteiger partial charge is 0.218 e. The molecule has 1 atom stereocenters. The highest BCUT2D eigenvalue weighted by Crippen LogP contribution is 2.35. The molecule has 1 saturated heterocycles. The Kier molecular flexibility index (Phi) is 4.12. The Balaban J connectivity index is 1.66. The molecule has 21 heavy (non-hydrogen) atoms. The molecule has 7 heteroatoms. The lowest BCUT2D eigenvalue weighted by Crippen LogP contribution is -2.29. The molecule has 1 aliphatic heterocycles. The summed E-state index contributed by atoms with van der Waals surface area (Å²) in [6.07, 6.45) is 2.32. The predicted molar refractivity (Wildman–Crippen MR) is 84.1 cm³/mol. The van der Waals surface area contributed by atoms with Gasteiger partial charge >= 0.3 is 0 Å². The quantitative estimate of drug-likeness (QED) is 0.601. The first-order valence-electron chi connectivity index (χ1n) is 6.85. The van der Waals surface area contributed by atoms with E-state index >= 15 is 0 Å². The van der Waals surface area contributed by atoms with Crippen molar-refractivity contribution in [3.63, 3.8) is 0 Å². The summed E-state index contributed by atoms with van der Waals surface area (Å²) in [5.41, 5.74) is 1.20. The number of hydrogen-bond acceptors (Lipinski definition) is 4. The highest BCUT2D eigenvalue weighted by Gasteiger charge is 2.15. The molecule has 2 aromatic rings. The lowest BCUT2D eigenvalue weighted by molar-refractivity contribution is 0.114. The van der Waals surface area contributed by atoms with E-state index in [-0.39, 0.29) is 17.1 Å². The number of ether oxygens (including phenoxy) is 1. The Morgan fingerprint density at radius 1 is 1.48 bits per heavy atom. The van der Waals surface area contributed by atoms with E-state index in [9.17, 15) is 5.11 Å². The summed E-state index contributed by atoms with van der Waals surface area (Å²) in [6, 6.07) is 7.49. The van der Waals surface area contributed by atoms with Gasteiger partial charge in [-0.25, -0.2) is 0 Å². The highest BCUT2D eigenvalue weighted by atomic mass is 32.1. The average molecular weight is 304 g/mol. The third-order valence-corrected chi connectivity index (χ3v) is 3.63. The summed E-state index contributed by atoms with van der Waals surface area (Å²) in [7, 11) is 0. The van der Waals surface area contributed by atoms with Gasteiger partial charge in [0.25, 0.3) is 0 Å². The second kappa shape index (κ2) is 6.19. The van der Waals surface area contributed by atoms with Crippen molar-refractivity contribution in [3.8, 4) is 5.88 Å². The number of thiocarbonyl (C=S) groups is 1. The first kappa shape index (κ1) is 14.0. The van der Waals surface area contributed by atoms with Crippen molar-refractivity contribution in [1.82, 2.24) is 10.3 Å². The Morgan fingerprint density at radius 2 is 2.33 bits per heavy atom. The van der Waals surface area contributed by atoms with Crippen LogP contribution >= 0.6 is 12.2 Å². The lowest BCUT2D eigenvalue weighted by atomic mass is 10.2. The molecule has 1 fully saturated rings. The van der Waals surface area contributed by atoms with E-state index < -0.39 is 0 Å². The fourth-order valence-electron chi connectivity index (χ4n) is 2.35. The molecule has 0 aliphatic carbocycles. The third-order valence-electron chi connectivity index (χ3n) is 3.41. The standard InChI is InChI=1S/C14H16N4O2S/c19-13-12(10-5-1-2-6-11(10)16-13)17-18-14(21)15-8-9-4-3-7-20-9/h1-2,5-6,9,16,19H,3-4,7-8H2,(H,15,21)/t9-/m1/s1. The number of para-hydroxylation sites is 1. The minimum atomic E-state index is -0.0122. The van der Waals surface area contributed by atoms with Crippen molar-refractivity contribution in [3.05, 3.63) is 24.3 Å². The number of rotatable bonds is 3. The summed E-state index contributed by atoms with van der Waals surface area (Å²) in [5.74, 6) is -0.0122. The van der Waals surface area contributed by atoms with E-state index in [4.69, 9.17) is 17.0 Å². The molecule has 1 aliphatic rings. The maximum Gasteiger partial charge on any atom is 0.218 e. The predicted octanol–water partition coefficient (Wildman–Crippen LogP) is 3.01. The summed E-state index contributed by atoms with van der Waals surface area (Å²) < 4.78 is 5.49. The van der Waals surface area contributed by atoms with Gasteiger partial charge in [0.1, 0.15) is 0 Å². The molecule has 2 heterocycles. The number of H-pyrrole nitrogens is 1. The van der Waals surface area contributed by atoms with Crippen LogP contribution in [-0.4, -0.2) is 34.5 Å². The van der Waals surface area contributed by atoms with E-state index in [1.54, 1.807) is 0 Å². The zero-order chi connectivity index (χ0) is 14.7. The van der Waals surface area contributed by atoms with Crippen LogP contribution in [0, 0.1) is 0 Å². The molecule has 1 aromatic heterocycles. The van der Waals surface area contributed by atoms with Gasteiger partial charge in [-0.1, -0.05) is 18.2 Å². The largest absolute Gasteiger partial charge is 0.493 e. The van der Waals surface area contributed by atoms with E-state index in [0.717, 1.165) is 30.4 Å². The first-order valence-corrected chi connectivity index (χ1v) is 7.25. The molecule has 6 nitrogen and oxygen atoms in total. The van der Waals surface area contributed by atoms with Crippen LogP contribution in [0.15, 0.2) is 34.5 Å². The van der Waals surface area contributed by atoms with Gasteiger partial charge in [0.05, 0.1) is 11.6 Å². The molecule has 1 aromatic carbocycles. The molecule has 0 radical (unpaired) electrons. The van der Waals surface area contributed by atoms with Crippen LogP contribution in [0.5, 0.6) is 5.88 Å². The number of hydrogen-bond donors (Lipinski definition) is 3. The van der Waals surface area contributed by atoms with Crippen molar-refractivity contribution in [2.45, 2.75) is 18.9 Å². The summed E-state index contributed by atoms with van der Waals surface area (Å²) in [5, 5.41) is 21.9. The number of aromatic hydroxyl groups is 1. The van der Waals surface area contributed by atoms with Crippen LogP contribution < -0.4 is 5.32 Å². The Hall–Kier alpha value is -1.99. The molecule has 0 bridgehead atoms. The molecule has 110 valence electrons. The van der Waals surface area contributed by atoms with Crippen LogP contribution in [0.2, 0.25) is 0 Å². The van der Waals surface area contributed by atoms with Gasteiger partial charge in [-0.2, -0.15) is 0 Å². The fourth-order valence-corrected chi connectivity index (χ4v) is 2.48. The Bertz CT molecular complexity index is 677. The van der Waals surface area contributed by atoms with Gasteiger partial charge in [0, 0.05) is 18.5 Å². The van der Waals surface area contributed by atoms with Gasteiger partial charge in [-0.05, 0) is 31.1 Å².